The van der Waals surface area contributed by atoms with E-state index in [1.165, 1.54) is 17.3 Å². The predicted octanol–water partition coefficient (Wildman–Crippen LogP) is 3.70. The molecule has 1 heterocycles. The van der Waals surface area contributed by atoms with Gasteiger partial charge in [-0.3, -0.25) is 4.79 Å². The Morgan fingerprint density at radius 2 is 1.68 bits per heavy atom. The van der Waals surface area contributed by atoms with Crippen molar-refractivity contribution in [2.45, 2.75) is 38.8 Å². The number of amides is 1. The van der Waals surface area contributed by atoms with E-state index < -0.39 is 0 Å². The molecule has 1 aromatic carbocycles. The van der Waals surface area contributed by atoms with Gasteiger partial charge in [0.05, 0.1) is 0 Å². The monoisotopic (exact) mass is 315 g/mol. The number of rotatable bonds is 5. The standard InChI is InChI=1S/C17H21N3OS/c1-11-5-7-14(8-6-11)20-16(21)10-9-15-12(2)18-17(22-4)19-13(15)3/h5-8H,9-10H2,1-4H3,(H,20,21). The van der Waals surface area contributed by atoms with E-state index in [1.54, 1.807) is 0 Å². The highest BCUT2D eigenvalue weighted by Gasteiger charge is 2.10. The number of aromatic nitrogens is 2. The van der Waals surface area contributed by atoms with Crippen LogP contribution in [0.2, 0.25) is 0 Å². The van der Waals surface area contributed by atoms with Crippen LogP contribution in [0.15, 0.2) is 29.4 Å². The van der Waals surface area contributed by atoms with Gasteiger partial charge >= 0.3 is 0 Å². The number of hydrogen-bond acceptors (Lipinski definition) is 4. The van der Waals surface area contributed by atoms with E-state index in [0.29, 0.717) is 12.8 Å². The number of carbonyl (C=O) groups is 1. The van der Waals surface area contributed by atoms with Gasteiger partial charge in [0.25, 0.3) is 0 Å². The molecule has 1 N–H and O–H groups in total. The lowest BCUT2D eigenvalue weighted by molar-refractivity contribution is -0.116. The molecule has 0 radical (unpaired) electrons. The van der Waals surface area contributed by atoms with Crippen LogP contribution in [0.3, 0.4) is 0 Å². The van der Waals surface area contributed by atoms with Crippen molar-refractivity contribution in [3.8, 4) is 0 Å². The fraction of sp³-hybridized carbons (Fsp3) is 0.353. The lowest BCUT2D eigenvalue weighted by Gasteiger charge is -2.10. The van der Waals surface area contributed by atoms with Gasteiger partial charge in [-0.05, 0) is 51.1 Å². The van der Waals surface area contributed by atoms with E-state index >= 15 is 0 Å². The van der Waals surface area contributed by atoms with Gasteiger partial charge in [-0.2, -0.15) is 0 Å². The van der Waals surface area contributed by atoms with Crippen molar-refractivity contribution in [3.05, 3.63) is 46.8 Å². The number of carbonyl (C=O) groups excluding carboxylic acids is 1. The van der Waals surface area contributed by atoms with Gasteiger partial charge in [0.2, 0.25) is 5.91 Å². The number of benzene rings is 1. The highest BCUT2D eigenvalue weighted by Crippen LogP contribution is 2.17. The molecule has 0 bridgehead atoms. The third-order valence-corrected chi connectivity index (χ3v) is 4.07. The van der Waals surface area contributed by atoms with Crippen molar-refractivity contribution < 1.29 is 4.79 Å². The van der Waals surface area contributed by atoms with Crippen LogP contribution in [0, 0.1) is 20.8 Å². The van der Waals surface area contributed by atoms with E-state index in [0.717, 1.165) is 27.8 Å². The number of hydrogen-bond donors (Lipinski definition) is 1. The van der Waals surface area contributed by atoms with Gasteiger partial charge in [0, 0.05) is 23.5 Å². The average molecular weight is 315 g/mol. The Morgan fingerprint density at radius 3 is 2.23 bits per heavy atom. The van der Waals surface area contributed by atoms with Crippen LogP contribution < -0.4 is 5.32 Å². The zero-order valence-corrected chi connectivity index (χ0v) is 14.3. The van der Waals surface area contributed by atoms with Crippen LogP contribution in [0.4, 0.5) is 5.69 Å². The molecule has 0 aliphatic heterocycles. The van der Waals surface area contributed by atoms with Gasteiger partial charge in [0.1, 0.15) is 0 Å². The van der Waals surface area contributed by atoms with Crippen LogP contribution in [0.5, 0.6) is 0 Å². The molecule has 1 amide bonds. The van der Waals surface area contributed by atoms with Crippen LogP contribution in [0.1, 0.15) is 28.9 Å². The number of anilines is 1. The lowest BCUT2D eigenvalue weighted by Crippen LogP contribution is -2.13. The Bertz CT molecular complexity index is 645. The second-order valence-corrected chi connectivity index (χ2v) is 6.05. The van der Waals surface area contributed by atoms with E-state index in [9.17, 15) is 4.79 Å². The van der Waals surface area contributed by atoms with Crippen molar-refractivity contribution >= 4 is 23.4 Å². The summed E-state index contributed by atoms with van der Waals surface area (Å²) in [4.78, 5) is 20.9. The van der Waals surface area contributed by atoms with E-state index in [2.05, 4.69) is 15.3 Å². The first kappa shape index (κ1) is 16.5. The van der Waals surface area contributed by atoms with Crippen molar-refractivity contribution in [1.29, 1.82) is 0 Å². The minimum absolute atomic E-state index is 0.0107. The minimum atomic E-state index is 0.0107. The summed E-state index contributed by atoms with van der Waals surface area (Å²) >= 11 is 1.53. The molecule has 1 aromatic heterocycles. The first-order valence-electron chi connectivity index (χ1n) is 7.24. The Hall–Kier alpha value is -1.88. The summed E-state index contributed by atoms with van der Waals surface area (Å²) in [6.45, 7) is 5.97. The molecule has 22 heavy (non-hydrogen) atoms. The summed E-state index contributed by atoms with van der Waals surface area (Å²) in [5.74, 6) is 0.0107. The summed E-state index contributed by atoms with van der Waals surface area (Å²) in [6, 6.07) is 7.80. The first-order chi connectivity index (χ1) is 10.5. The van der Waals surface area contributed by atoms with Crippen LogP contribution in [0.25, 0.3) is 0 Å². The molecular formula is C17H21N3OS. The SMILES string of the molecule is CSc1nc(C)c(CCC(=O)Nc2ccc(C)cc2)c(C)n1. The largest absolute Gasteiger partial charge is 0.326 e. The van der Waals surface area contributed by atoms with Gasteiger partial charge < -0.3 is 5.32 Å². The summed E-state index contributed by atoms with van der Waals surface area (Å²) in [5.41, 5.74) is 4.99. The summed E-state index contributed by atoms with van der Waals surface area (Å²) in [6.07, 6.45) is 3.05. The molecule has 2 rings (SSSR count). The molecule has 0 aliphatic rings. The number of aryl methyl sites for hydroxylation is 3. The molecule has 2 aromatic rings. The van der Waals surface area contributed by atoms with E-state index in [1.807, 2.05) is 51.3 Å². The van der Waals surface area contributed by atoms with Gasteiger partial charge in [-0.1, -0.05) is 29.5 Å². The highest BCUT2D eigenvalue weighted by molar-refractivity contribution is 7.98. The van der Waals surface area contributed by atoms with Crippen molar-refractivity contribution in [2.75, 3.05) is 11.6 Å². The summed E-state index contributed by atoms with van der Waals surface area (Å²) in [7, 11) is 0. The normalized spacial score (nSPS) is 10.5. The Balaban J connectivity index is 1.98. The molecule has 4 nitrogen and oxygen atoms in total. The second kappa shape index (κ2) is 7.40. The molecule has 0 saturated heterocycles. The summed E-state index contributed by atoms with van der Waals surface area (Å²) < 4.78 is 0. The molecule has 116 valence electrons. The molecule has 0 aliphatic carbocycles. The second-order valence-electron chi connectivity index (χ2n) is 5.27. The maximum atomic E-state index is 12.1. The molecule has 5 heteroatoms. The average Bonchev–Trinajstić information content (AvgIpc) is 2.48. The van der Waals surface area contributed by atoms with Gasteiger partial charge in [-0.15, -0.1) is 0 Å². The molecule has 0 saturated carbocycles. The quantitative estimate of drug-likeness (QED) is 0.675. The minimum Gasteiger partial charge on any atom is -0.326 e. The van der Waals surface area contributed by atoms with Crippen molar-refractivity contribution in [3.63, 3.8) is 0 Å². The number of nitrogens with zero attached hydrogens (tertiary/aromatic N) is 2. The first-order valence-corrected chi connectivity index (χ1v) is 8.46. The van der Waals surface area contributed by atoms with Crippen LogP contribution >= 0.6 is 11.8 Å². The highest BCUT2D eigenvalue weighted by atomic mass is 32.2. The summed E-state index contributed by atoms with van der Waals surface area (Å²) in [5, 5.41) is 3.70. The Morgan fingerprint density at radius 1 is 1.09 bits per heavy atom. The molecule has 0 unspecified atom stereocenters. The van der Waals surface area contributed by atoms with Gasteiger partial charge in [0.15, 0.2) is 5.16 Å². The topological polar surface area (TPSA) is 54.9 Å². The van der Waals surface area contributed by atoms with Crippen LogP contribution in [-0.2, 0) is 11.2 Å². The molecule has 0 atom stereocenters. The third-order valence-electron chi connectivity index (χ3n) is 3.52. The van der Waals surface area contributed by atoms with Gasteiger partial charge in [-0.25, -0.2) is 9.97 Å². The molecule has 0 spiro atoms. The fourth-order valence-corrected chi connectivity index (χ4v) is 2.72. The number of thioether (sulfide) groups is 1. The zero-order chi connectivity index (χ0) is 16.1. The molecular weight excluding hydrogens is 294 g/mol. The smallest absolute Gasteiger partial charge is 0.224 e. The van der Waals surface area contributed by atoms with Crippen molar-refractivity contribution in [2.24, 2.45) is 0 Å². The maximum Gasteiger partial charge on any atom is 0.224 e. The van der Waals surface area contributed by atoms with Crippen LogP contribution in [-0.4, -0.2) is 22.1 Å². The van der Waals surface area contributed by atoms with E-state index in [4.69, 9.17) is 0 Å². The fourth-order valence-electron chi connectivity index (χ4n) is 2.26. The predicted molar refractivity (Wildman–Crippen MR) is 91.4 cm³/mol. The number of nitrogens with one attached hydrogen (secondary N) is 1. The third kappa shape index (κ3) is 4.31. The molecule has 0 fully saturated rings. The lowest BCUT2D eigenvalue weighted by atomic mass is 10.1. The van der Waals surface area contributed by atoms with Crippen molar-refractivity contribution in [1.82, 2.24) is 9.97 Å². The maximum absolute atomic E-state index is 12.1. The Labute approximate surface area is 135 Å². The zero-order valence-electron chi connectivity index (χ0n) is 13.4. The van der Waals surface area contributed by atoms with E-state index in [-0.39, 0.29) is 5.91 Å². The Kier molecular flexibility index (Phi) is 5.55.